The van der Waals surface area contributed by atoms with E-state index in [1.165, 1.54) is 6.20 Å². The van der Waals surface area contributed by atoms with Crippen LogP contribution >= 0.6 is 0 Å². The lowest BCUT2D eigenvalue weighted by molar-refractivity contribution is -0.142. The number of nitrogens with two attached hydrogens (primary N) is 1. The Hall–Kier alpha value is -4.97. The molecule has 3 aromatic rings. The number of ether oxygens (including phenoxy) is 1. The second-order valence-electron chi connectivity index (χ2n) is 10.4. The minimum absolute atomic E-state index is 0.0201. The molecule has 224 valence electrons. The fraction of sp³-hybridized carbons (Fsp3) is 0.357. The highest BCUT2D eigenvalue weighted by Gasteiger charge is 2.46. The van der Waals surface area contributed by atoms with E-state index in [1.54, 1.807) is 63.7 Å². The van der Waals surface area contributed by atoms with Crippen LogP contribution in [0.2, 0.25) is 0 Å². The van der Waals surface area contributed by atoms with Crippen molar-refractivity contribution in [2.45, 2.75) is 24.6 Å². The van der Waals surface area contributed by atoms with E-state index in [1.807, 2.05) is 0 Å². The fourth-order valence-electron chi connectivity index (χ4n) is 4.96. The number of halogens is 3. The maximum Gasteiger partial charge on any atom is 0.405 e. The molecular weight excluding hydrogens is 567 g/mol. The molecule has 5 rings (SSSR count). The molecule has 2 aromatic heterocycles. The van der Waals surface area contributed by atoms with Gasteiger partial charge in [0.1, 0.15) is 12.1 Å². The van der Waals surface area contributed by atoms with Gasteiger partial charge in [-0.2, -0.15) is 23.5 Å². The summed E-state index contributed by atoms with van der Waals surface area (Å²) >= 11 is 0. The summed E-state index contributed by atoms with van der Waals surface area (Å²) in [4.78, 5) is 35.3. The van der Waals surface area contributed by atoms with Crippen molar-refractivity contribution in [3.63, 3.8) is 0 Å². The van der Waals surface area contributed by atoms with Crippen LogP contribution in [0.3, 0.4) is 0 Å². The maximum absolute atomic E-state index is 12.7. The van der Waals surface area contributed by atoms with Gasteiger partial charge in [0.2, 0.25) is 5.91 Å². The van der Waals surface area contributed by atoms with Crippen molar-refractivity contribution in [3.8, 4) is 17.3 Å². The van der Waals surface area contributed by atoms with Gasteiger partial charge >= 0.3 is 12.2 Å². The number of aliphatic imine (C=N–C) groups is 1. The van der Waals surface area contributed by atoms with E-state index in [0.29, 0.717) is 60.8 Å². The van der Waals surface area contributed by atoms with Gasteiger partial charge in [0, 0.05) is 54.5 Å². The number of anilines is 1. The van der Waals surface area contributed by atoms with Gasteiger partial charge in [-0.1, -0.05) is 12.1 Å². The number of amides is 3. The Labute approximate surface area is 244 Å². The van der Waals surface area contributed by atoms with Crippen LogP contribution < -0.4 is 16.4 Å². The van der Waals surface area contributed by atoms with Crippen LogP contribution in [0, 0.1) is 17.2 Å². The second-order valence-corrected chi connectivity index (χ2v) is 10.4. The third-order valence-corrected chi connectivity index (χ3v) is 7.19. The van der Waals surface area contributed by atoms with Crippen LogP contribution in [0.1, 0.15) is 18.4 Å². The number of hydrogen-bond acceptors (Lipinski definition) is 8. The standard InChI is InChI=1S/C28H28F3N9O3/c29-28(30,31)15-35-26(42)38-22-3-1-2-18(8-22)23-13-34-24-9-20(12-37-40(23)24)21(10-33)11-36-27(5-6-32)16-39(17-27)25(41)19-4-7-43-14-19/h1-3,8-13,19H,4-5,7,14-17,33H2,(H2,35,38,42). The third-order valence-electron chi connectivity index (χ3n) is 7.19. The average Bonchev–Trinajstić information content (AvgIpc) is 3.65. The van der Waals surface area contributed by atoms with Crippen LogP contribution in [0.15, 0.2) is 53.9 Å². The van der Waals surface area contributed by atoms with Gasteiger partial charge in [0.15, 0.2) is 5.65 Å². The normalized spacial score (nSPS) is 18.4. The number of carbonyl (C=O) groups excluding carboxylic acids is 2. The van der Waals surface area contributed by atoms with Crippen molar-refractivity contribution >= 4 is 35.1 Å². The zero-order valence-corrected chi connectivity index (χ0v) is 22.8. The Kier molecular flexibility index (Phi) is 8.31. The molecule has 2 aliphatic heterocycles. The summed E-state index contributed by atoms with van der Waals surface area (Å²) in [5, 5.41) is 18.0. The van der Waals surface area contributed by atoms with Crippen molar-refractivity contribution < 1.29 is 27.5 Å². The highest BCUT2D eigenvalue weighted by atomic mass is 19.4. The number of hydrogen-bond donors (Lipinski definition) is 3. The van der Waals surface area contributed by atoms with Gasteiger partial charge < -0.3 is 26.0 Å². The first kappa shape index (κ1) is 29.5. The van der Waals surface area contributed by atoms with Gasteiger partial charge in [-0.25, -0.2) is 14.3 Å². The number of nitrogens with one attached hydrogen (secondary N) is 2. The van der Waals surface area contributed by atoms with Crippen LogP contribution in [0.25, 0.3) is 22.5 Å². The number of urea groups is 1. The van der Waals surface area contributed by atoms with Gasteiger partial charge in [0.25, 0.3) is 0 Å². The summed E-state index contributed by atoms with van der Waals surface area (Å²) in [5.74, 6) is -0.131. The van der Waals surface area contributed by atoms with Crippen molar-refractivity contribution in [1.82, 2.24) is 24.8 Å². The molecule has 0 saturated carbocycles. The number of aromatic nitrogens is 3. The number of benzene rings is 1. The number of imidazole rings is 1. The van der Waals surface area contributed by atoms with E-state index >= 15 is 0 Å². The van der Waals surface area contributed by atoms with Gasteiger partial charge in [-0.05, 0) is 24.6 Å². The molecule has 0 aliphatic carbocycles. The third kappa shape index (κ3) is 6.75. The lowest BCUT2D eigenvalue weighted by atomic mass is 9.86. The predicted molar refractivity (Wildman–Crippen MR) is 151 cm³/mol. The molecular formula is C28H28F3N9O3. The molecule has 0 bridgehead atoms. The lowest BCUT2D eigenvalue weighted by Gasteiger charge is -2.47. The first-order chi connectivity index (χ1) is 20.6. The van der Waals surface area contributed by atoms with E-state index < -0.39 is 24.3 Å². The van der Waals surface area contributed by atoms with Crippen LogP contribution in [0.5, 0.6) is 0 Å². The number of nitriles is 1. The summed E-state index contributed by atoms with van der Waals surface area (Å²) < 4.78 is 44.0. The largest absolute Gasteiger partial charge is 0.405 e. The van der Waals surface area contributed by atoms with Gasteiger partial charge in [-0.3, -0.25) is 9.79 Å². The number of fused-ring (bicyclic) bond motifs is 1. The zero-order chi connectivity index (χ0) is 30.6. The molecule has 1 atom stereocenters. The molecule has 15 heteroatoms. The molecule has 2 fully saturated rings. The Morgan fingerprint density at radius 2 is 2.09 bits per heavy atom. The average molecular weight is 596 g/mol. The SMILES string of the molecule is N#CCC1(N=CC(=CN)c2cnn3c(-c4cccc(NC(=O)NCC(F)(F)F)c4)cnc3c2)CN(C(=O)C2CCOC2)C1. The molecule has 4 heterocycles. The summed E-state index contributed by atoms with van der Waals surface area (Å²) in [5.41, 5.74) is 8.31. The minimum atomic E-state index is -4.52. The number of nitrogens with zero attached hydrogens (tertiary/aromatic N) is 6. The molecule has 2 saturated heterocycles. The van der Waals surface area contributed by atoms with Gasteiger partial charge in [0.05, 0.1) is 43.1 Å². The summed E-state index contributed by atoms with van der Waals surface area (Å²) in [7, 11) is 0. The maximum atomic E-state index is 12.7. The summed E-state index contributed by atoms with van der Waals surface area (Å²) in [6, 6.07) is 9.45. The zero-order valence-electron chi connectivity index (χ0n) is 22.8. The summed E-state index contributed by atoms with van der Waals surface area (Å²) in [6.45, 7) is 0.213. The van der Waals surface area contributed by atoms with Gasteiger partial charge in [-0.15, -0.1) is 0 Å². The number of carbonyl (C=O) groups is 2. The Balaban J connectivity index is 1.29. The van der Waals surface area contributed by atoms with E-state index in [4.69, 9.17) is 10.5 Å². The smallest absolute Gasteiger partial charge is 0.404 e. The number of alkyl halides is 3. The van der Waals surface area contributed by atoms with Crippen molar-refractivity contribution in [2.75, 3.05) is 38.2 Å². The molecule has 12 nitrogen and oxygen atoms in total. The molecule has 0 radical (unpaired) electrons. The quantitative estimate of drug-likeness (QED) is 0.337. The second kappa shape index (κ2) is 12.1. The Bertz CT molecular complexity index is 1610. The Morgan fingerprint density at radius 1 is 1.28 bits per heavy atom. The van der Waals surface area contributed by atoms with E-state index in [-0.39, 0.29) is 23.9 Å². The number of allylic oxidation sites excluding steroid dienone is 1. The Morgan fingerprint density at radius 3 is 2.79 bits per heavy atom. The number of rotatable bonds is 8. The molecule has 1 aromatic carbocycles. The molecule has 2 aliphatic rings. The highest BCUT2D eigenvalue weighted by Crippen LogP contribution is 2.32. The minimum Gasteiger partial charge on any atom is -0.404 e. The van der Waals surface area contributed by atoms with E-state index in [2.05, 4.69) is 26.5 Å². The monoisotopic (exact) mass is 595 g/mol. The van der Waals surface area contributed by atoms with Crippen molar-refractivity contribution in [1.29, 1.82) is 5.26 Å². The molecule has 0 spiro atoms. The molecule has 1 unspecified atom stereocenters. The first-order valence-electron chi connectivity index (χ1n) is 13.4. The predicted octanol–water partition coefficient (Wildman–Crippen LogP) is 2.98. The first-order valence-corrected chi connectivity index (χ1v) is 13.4. The topological polar surface area (TPSA) is 163 Å². The van der Waals surface area contributed by atoms with Crippen LogP contribution in [0.4, 0.5) is 23.7 Å². The summed E-state index contributed by atoms with van der Waals surface area (Å²) in [6.07, 6.45) is 2.42. The van der Waals surface area contributed by atoms with Crippen molar-refractivity contribution in [2.24, 2.45) is 16.6 Å². The fourth-order valence-corrected chi connectivity index (χ4v) is 4.96. The molecule has 3 amide bonds. The molecule has 43 heavy (non-hydrogen) atoms. The van der Waals surface area contributed by atoms with E-state index in [9.17, 15) is 28.0 Å². The van der Waals surface area contributed by atoms with Crippen LogP contribution in [-0.4, -0.2) is 82.2 Å². The molecule has 4 N–H and O–H groups in total. The van der Waals surface area contributed by atoms with Crippen LogP contribution in [-0.2, 0) is 9.53 Å². The lowest BCUT2D eigenvalue weighted by Crippen LogP contribution is -2.63. The highest BCUT2D eigenvalue weighted by molar-refractivity contribution is 6.10. The number of likely N-dealkylation sites (tertiary alicyclic amines) is 1. The van der Waals surface area contributed by atoms with Crippen molar-refractivity contribution in [3.05, 3.63) is 54.5 Å². The van der Waals surface area contributed by atoms with E-state index in [0.717, 1.165) is 0 Å².